The zero-order valence-corrected chi connectivity index (χ0v) is 9.05. The fraction of sp³-hybridized carbons (Fsp3) is 0.700. The van der Waals surface area contributed by atoms with Crippen molar-refractivity contribution in [3.8, 4) is 0 Å². The van der Waals surface area contributed by atoms with E-state index in [1.54, 1.807) is 0 Å². The summed E-state index contributed by atoms with van der Waals surface area (Å²) in [7, 11) is 0. The van der Waals surface area contributed by atoms with Gasteiger partial charge in [-0.25, -0.2) is 8.78 Å². The topological polar surface area (TPSA) is 37.3 Å². The summed E-state index contributed by atoms with van der Waals surface area (Å²) in [5, 5.41) is 8.37. The summed E-state index contributed by atoms with van der Waals surface area (Å²) in [4.78, 5) is 10.8. The molecule has 0 aromatic carbocycles. The standard InChI is InChI=1S/C10H11ClF2O2/c1-9-5(3-4(11)7(12)13)10(9,2)6(9)8(14)15/h3,5-7H,1-2H3,(H,14,15)/b4-3-. The first kappa shape index (κ1) is 10.9. The van der Waals surface area contributed by atoms with Crippen molar-refractivity contribution in [2.24, 2.45) is 22.7 Å². The fourth-order valence-electron chi connectivity index (χ4n) is 3.11. The lowest BCUT2D eigenvalue weighted by Gasteiger charge is -2.13. The molecule has 0 radical (unpaired) electrons. The van der Waals surface area contributed by atoms with Crippen LogP contribution in [0, 0.1) is 22.7 Å². The normalized spacial score (nSPS) is 47.7. The number of hydrogen-bond donors (Lipinski definition) is 1. The van der Waals surface area contributed by atoms with Gasteiger partial charge in [0.05, 0.1) is 11.0 Å². The number of aliphatic carboxylic acids is 1. The first-order valence-corrected chi connectivity index (χ1v) is 5.04. The summed E-state index contributed by atoms with van der Waals surface area (Å²) < 4.78 is 24.3. The van der Waals surface area contributed by atoms with E-state index in [0.717, 1.165) is 0 Å². The molecule has 0 spiro atoms. The zero-order valence-electron chi connectivity index (χ0n) is 8.30. The molecular formula is C10H11ClF2O2. The summed E-state index contributed by atoms with van der Waals surface area (Å²) in [6, 6.07) is 0. The first-order chi connectivity index (χ1) is 6.77. The molecule has 2 nitrogen and oxygen atoms in total. The second kappa shape index (κ2) is 2.73. The van der Waals surface area contributed by atoms with Gasteiger partial charge in [0.15, 0.2) is 0 Å². The van der Waals surface area contributed by atoms with Crippen molar-refractivity contribution < 1.29 is 18.7 Å². The smallest absolute Gasteiger partial charge is 0.307 e. The third-order valence-corrected chi connectivity index (χ3v) is 4.56. The fourth-order valence-corrected chi connectivity index (χ4v) is 3.23. The maximum Gasteiger partial charge on any atom is 0.307 e. The van der Waals surface area contributed by atoms with E-state index in [-0.39, 0.29) is 16.7 Å². The average Bonchev–Trinajstić information content (AvgIpc) is 2.78. The zero-order chi connectivity index (χ0) is 11.6. The first-order valence-electron chi connectivity index (χ1n) is 4.66. The van der Waals surface area contributed by atoms with Crippen LogP contribution >= 0.6 is 11.6 Å². The predicted molar refractivity (Wildman–Crippen MR) is 50.8 cm³/mol. The Morgan fingerprint density at radius 3 is 2.27 bits per heavy atom. The monoisotopic (exact) mass is 236 g/mol. The molecule has 1 N–H and O–H groups in total. The molecule has 2 atom stereocenters. The van der Waals surface area contributed by atoms with E-state index < -0.39 is 23.3 Å². The van der Waals surface area contributed by atoms with Crippen molar-refractivity contribution in [3.63, 3.8) is 0 Å². The lowest BCUT2D eigenvalue weighted by Crippen LogP contribution is -2.18. The Labute approximate surface area is 90.9 Å². The number of allylic oxidation sites excluding steroid dienone is 2. The van der Waals surface area contributed by atoms with Gasteiger partial charge in [-0.3, -0.25) is 4.79 Å². The molecule has 15 heavy (non-hydrogen) atoms. The van der Waals surface area contributed by atoms with Gasteiger partial charge in [-0.05, 0) is 16.7 Å². The van der Waals surface area contributed by atoms with E-state index in [9.17, 15) is 13.6 Å². The second-order valence-corrected chi connectivity index (χ2v) is 5.10. The molecule has 0 heterocycles. The van der Waals surface area contributed by atoms with Crippen LogP contribution in [0.3, 0.4) is 0 Å². The Balaban J connectivity index is 2.10. The number of alkyl halides is 2. The average molecular weight is 237 g/mol. The largest absolute Gasteiger partial charge is 0.481 e. The second-order valence-electron chi connectivity index (χ2n) is 4.67. The predicted octanol–water partition coefficient (Wildman–Crippen LogP) is 2.73. The van der Waals surface area contributed by atoms with Crippen LogP contribution in [0.4, 0.5) is 8.78 Å². The lowest BCUT2D eigenvalue weighted by atomic mass is 9.92. The minimum Gasteiger partial charge on any atom is -0.481 e. The van der Waals surface area contributed by atoms with Gasteiger partial charge in [-0.2, -0.15) is 0 Å². The molecular weight excluding hydrogens is 226 g/mol. The van der Waals surface area contributed by atoms with Crippen molar-refractivity contribution >= 4 is 17.6 Å². The van der Waals surface area contributed by atoms with Gasteiger partial charge < -0.3 is 5.11 Å². The van der Waals surface area contributed by atoms with Gasteiger partial charge in [0, 0.05) is 0 Å². The van der Waals surface area contributed by atoms with E-state index in [0.29, 0.717) is 0 Å². The molecule has 0 aromatic rings. The Bertz CT molecular complexity index is 352. The van der Waals surface area contributed by atoms with Gasteiger partial charge in [-0.15, -0.1) is 0 Å². The van der Waals surface area contributed by atoms with Crippen molar-refractivity contribution in [2.75, 3.05) is 0 Å². The Kier molecular flexibility index (Phi) is 1.97. The summed E-state index contributed by atoms with van der Waals surface area (Å²) in [5.41, 5.74) is -0.734. The molecule has 2 saturated carbocycles. The minimum absolute atomic E-state index is 0.118. The lowest BCUT2D eigenvalue weighted by molar-refractivity contribution is -0.141. The quantitative estimate of drug-likeness (QED) is 0.818. The van der Waals surface area contributed by atoms with Gasteiger partial charge in [0.25, 0.3) is 6.43 Å². The van der Waals surface area contributed by atoms with Crippen molar-refractivity contribution in [1.29, 1.82) is 0 Å². The summed E-state index contributed by atoms with van der Waals surface area (Å²) in [6.07, 6.45) is -1.35. The molecule has 2 aliphatic carbocycles. The minimum atomic E-state index is -2.66. The van der Waals surface area contributed by atoms with E-state index in [1.807, 2.05) is 13.8 Å². The number of carbonyl (C=O) groups is 1. The van der Waals surface area contributed by atoms with E-state index >= 15 is 0 Å². The van der Waals surface area contributed by atoms with Gasteiger partial charge in [0.1, 0.15) is 0 Å². The van der Waals surface area contributed by atoms with Crippen LogP contribution in [0.2, 0.25) is 0 Å². The Hall–Kier alpha value is -0.640. The van der Waals surface area contributed by atoms with Gasteiger partial charge in [0.2, 0.25) is 0 Å². The number of fused-ring (bicyclic) bond motifs is 1. The number of halogens is 3. The third-order valence-electron chi connectivity index (χ3n) is 4.27. The van der Waals surface area contributed by atoms with E-state index in [4.69, 9.17) is 16.7 Å². The molecule has 0 saturated heterocycles. The van der Waals surface area contributed by atoms with Crippen LogP contribution in [0.15, 0.2) is 11.1 Å². The van der Waals surface area contributed by atoms with E-state index in [1.165, 1.54) is 6.08 Å². The summed E-state index contributed by atoms with van der Waals surface area (Å²) >= 11 is 5.35. The molecule has 2 aliphatic rings. The summed E-state index contributed by atoms with van der Waals surface area (Å²) in [5.74, 6) is -1.38. The molecule has 0 bridgehead atoms. The van der Waals surface area contributed by atoms with Crippen LogP contribution in [-0.2, 0) is 4.79 Å². The number of carboxylic acid groups (broad SMARTS) is 1. The highest BCUT2D eigenvalue weighted by Crippen LogP contribution is 2.93. The van der Waals surface area contributed by atoms with E-state index in [2.05, 4.69) is 0 Å². The van der Waals surface area contributed by atoms with Gasteiger partial charge >= 0.3 is 5.97 Å². The maximum absolute atomic E-state index is 12.1. The number of hydrogen-bond acceptors (Lipinski definition) is 1. The van der Waals surface area contributed by atoms with Crippen molar-refractivity contribution in [3.05, 3.63) is 11.1 Å². The molecule has 2 fully saturated rings. The van der Waals surface area contributed by atoms with Crippen LogP contribution in [0.1, 0.15) is 13.8 Å². The molecule has 2 rings (SSSR count). The SMILES string of the molecule is CC12C(/C=C(\Cl)C(F)F)C1(C)C2C(=O)O. The van der Waals surface area contributed by atoms with Crippen molar-refractivity contribution in [2.45, 2.75) is 20.3 Å². The molecule has 2 unspecified atom stereocenters. The van der Waals surface area contributed by atoms with Crippen LogP contribution in [0.25, 0.3) is 0 Å². The highest BCUT2D eigenvalue weighted by Gasteiger charge is 2.94. The van der Waals surface area contributed by atoms with Gasteiger partial charge in [-0.1, -0.05) is 31.5 Å². The van der Waals surface area contributed by atoms with Crippen molar-refractivity contribution in [1.82, 2.24) is 0 Å². The molecule has 0 aromatic heterocycles. The van der Waals surface area contributed by atoms with Crippen LogP contribution < -0.4 is 0 Å². The molecule has 5 heteroatoms. The number of rotatable bonds is 3. The molecule has 84 valence electrons. The molecule has 0 aliphatic heterocycles. The third kappa shape index (κ3) is 1.06. The Morgan fingerprint density at radius 2 is 1.93 bits per heavy atom. The highest BCUT2D eigenvalue weighted by atomic mass is 35.5. The maximum atomic E-state index is 12.1. The summed E-state index contributed by atoms with van der Waals surface area (Å²) in [6.45, 7) is 3.62. The number of carboxylic acids is 1. The Morgan fingerprint density at radius 1 is 1.47 bits per heavy atom. The van der Waals surface area contributed by atoms with Crippen LogP contribution in [0.5, 0.6) is 0 Å². The van der Waals surface area contributed by atoms with Crippen LogP contribution in [-0.4, -0.2) is 17.5 Å². The highest BCUT2D eigenvalue weighted by molar-refractivity contribution is 6.30. The molecule has 0 amide bonds.